The average molecular weight is 166 g/mol. The van der Waals surface area contributed by atoms with Gasteiger partial charge in [-0.25, -0.2) is 0 Å². The van der Waals surface area contributed by atoms with Crippen LogP contribution in [-0.2, 0) is 0 Å². The lowest BCUT2D eigenvalue weighted by Crippen LogP contribution is -2.30. The molecule has 0 atom stereocenters. The van der Waals surface area contributed by atoms with E-state index in [1.165, 1.54) is 19.3 Å². The van der Waals surface area contributed by atoms with Crippen molar-refractivity contribution >= 4 is 5.95 Å². The number of hydrogen-bond donors (Lipinski definition) is 1. The molecule has 0 unspecified atom stereocenters. The minimum absolute atomic E-state index is 0.868. The molecule has 0 aromatic carbocycles. The summed E-state index contributed by atoms with van der Waals surface area (Å²) in [6.07, 6.45) is 3.89. The van der Waals surface area contributed by atoms with Gasteiger partial charge in [-0.3, -0.25) is 5.10 Å². The largest absolute Gasteiger partial charge is 0.340 e. The van der Waals surface area contributed by atoms with Gasteiger partial charge in [0, 0.05) is 13.1 Å². The fourth-order valence-corrected chi connectivity index (χ4v) is 1.57. The Morgan fingerprint density at radius 3 is 2.58 bits per heavy atom. The third-order valence-corrected chi connectivity index (χ3v) is 2.22. The molecule has 4 nitrogen and oxygen atoms in total. The summed E-state index contributed by atoms with van der Waals surface area (Å²) in [6, 6.07) is 0. The quantitative estimate of drug-likeness (QED) is 0.679. The zero-order valence-electron chi connectivity index (χ0n) is 7.38. The van der Waals surface area contributed by atoms with Crippen LogP contribution in [0.4, 0.5) is 5.95 Å². The number of anilines is 1. The van der Waals surface area contributed by atoms with Crippen molar-refractivity contribution in [1.82, 2.24) is 15.2 Å². The van der Waals surface area contributed by atoms with Crippen LogP contribution in [0.25, 0.3) is 0 Å². The molecule has 1 aliphatic rings. The average Bonchev–Trinajstić information content (AvgIpc) is 2.54. The van der Waals surface area contributed by atoms with Gasteiger partial charge in [0.2, 0.25) is 5.95 Å². The zero-order chi connectivity index (χ0) is 8.39. The van der Waals surface area contributed by atoms with Gasteiger partial charge < -0.3 is 4.90 Å². The van der Waals surface area contributed by atoms with Crippen molar-refractivity contribution in [3.05, 3.63) is 5.82 Å². The van der Waals surface area contributed by atoms with E-state index >= 15 is 0 Å². The summed E-state index contributed by atoms with van der Waals surface area (Å²) in [6.45, 7) is 4.15. The number of H-pyrrole nitrogens is 1. The Labute approximate surface area is 72.0 Å². The van der Waals surface area contributed by atoms with Gasteiger partial charge in [-0.1, -0.05) is 0 Å². The van der Waals surface area contributed by atoms with Crippen LogP contribution < -0.4 is 4.90 Å². The second-order valence-corrected chi connectivity index (χ2v) is 3.27. The van der Waals surface area contributed by atoms with E-state index in [1.54, 1.807) is 0 Å². The minimum atomic E-state index is 0.868. The summed E-state index contributed by atoms with van der Waals surface area (Å²) in [5, 5.41) is 6.99. The fraction of sp³-hybridized carbons (Fsp3) is 0.750. The van der Waals surface area contributed by atoms with Crippen LogP contribution in [0.5, 0.6) is 0 Å². The summed E-state index contributed by atoms with van der Waals surface area (Å²) in [4.78, 5) is 6.54. The van der Waals surface area contributed by atoms with Crippen LogP contribution in [0.1, 0.15) is 25.1 Å². The predicted octanol–water partition coefficient (Wildman–Crippen LogP) is 1.10. The van der Waals surface area contributed by atoms with Crippen molar-refractivity contribution in [2.24, 2.45) is 0 Å². The third kappa shape index (κ3) is 1.42. The number of rotatable bonds is 1. The molecule has 1 fully saturated rings. The minimum Gasteiger partial charge on any atom is -0.340 e. The number of aromatic amines is 1. The maximum atomic E-state index is 4.29. The number of aromatic nitrogens is 3. The molecule has 12 heavy (non-hydrogen) atoms. The van der Waals surface area contributed by atoms with E-state index in [1.807, 2.05) is 6.92 Å². The Bertz CT molecular complexity index is 249. The highest BCUT2D eigenvalue weighted by molar-refractivity contribution is 5.28. The van der Waals surface area contributed by atoms with Gasteiger partial charge in [0.1, 0.15) is 5.82 Å². The van der Waals surface area contributed by atoms with E-state index < -0.39 is 0 Å². The van der Waals surface area contributed by atoms with Crippen molar-refractivity contribution in [2.75, 3.05) is 18.0 Å². The van der Waals surface area contributed by atoms with Crippen molar-refractivity contribution in [3.63, 3.8) is 0 Å². The smallest absolute Gasteiger partial charge is 0.244 e. The van der Waals surface area contributed by atoms with E-state index in [4.69, 9.17) is 0 Å². The van der Waals surface area contributed by atoms with Gasteiger partial charge in [-0.15, -0.1) is 5.10 Å². The molecule has 0 bridgehead atoms. The lowest BCUT2D eigenvalue weighted by Gasteiger charge is -2.24. The Morgan fingerprint density at radius 2 is 2.00 bits per heavy atom. The molecule has 0 saturated carbocycles. The summed E-state index contributed by atoms with van der Waals surface area (Å²) in [7, 11) is 0. The highest BCUT2D eigenvalue weighted by atomic mass is 15.4. The van der Waals surface area contributed by atoms with Crippen LogP contribution in [0.3, 0.4) is 0 Å². The Morgan fingerprint density at radius 1 is 1.25 bits per heavy atom. The van der Waals surface area contributed by atoms with Crippen molar-refractivity contribution < 1.29 is 0 Å². The highest BCUT2D eigenvalue weighted by Gasteiger charge is 2.13. The summed E-state index contributed by atoms with van der Waals surface area (Å²) < 4.78 is 0. The molecule has 4 heteroatoms. The highest BCUT2D eigenvalue weighted by Crippen LogP contribution is 2.14. The van der Waals surface area contributed by atoms with Gasteiger partial charge in [-0.2, -0.15) is 4.98 Å². The first-order chi connectivity index (χ1) is 5.86. The SMILES string of the molecule is Cc1nc(N2CCCCC2)n[nH]1. The number of nitrogens with one attached hydrogen (secondary N) is 1. The number of nitrogens with zero attached hydrogens (tertiary/aromatic N) is 3. The normalized spacial score (nSPS) is 18.2. The molecule has 1 aliphatic heterocycles. The third-order valence-electron chi connectivity index (χ3n) is 2.22. The van der Waals surface area contributed by atoms with Crippen LogP contribution in [0, 0.1) is 6.92 Å². The van der Waals surface area contributed by atoms with Gasteiger partial charge in [0.15, 0.2) is 0 Å². The predicted molar refractivity (Wildman–Crippen MR) is 47.2 cm³/mol. The molecule has 1 saturated heterocycles. The first-order valence-corrected chi connectivity index (χ1v) is 4.50. The zero-order valence-corrected chi connectivity index (χ0v) is 7.38. The maximum absolute atomic E-state index is 4.29. The van der Waals surface area contributed by atoms with E-state index in [9.17, 15) is 0 Å². The number of piperidine rings is 1. The van der Waals surface area contributed by atoms with Crippen LogP contribution in [0.15, 0.2) is 0 Å². The van der Waals surface area contributed by atoms with Gasteiger partial charge >= 0.3 is 0 Å². The van der Waals surface area contributed by atoms with Crippen molar-refractivity contribution in [2.45, 2.75) is 26.2 Å². The van der Waals surface area contributed by atoms with E-state index in [0.29, 0.717) is 0 Å². The lowest BCUT2D eigenvalue weighted by molar-refractivity contribution is 0.569. The molecule has 1 aromatic rings. The molecular formula is C8H14N4. The summed E-state index contributed by atoms with van der Waals surface area (Å²) in [5.74, 6) is 1.77. The topological polar surface area (TPSA) is 44.8 Å². The molecule has 66 valence electrons. The first-order valence-electron chi connectivity index (χ1n) is 4.50. The Hall–Kier alpha value is -1.06. The van der Waals surface area contributed by atoms with Gasteiger partial charge in [-0.05, 0) is 26.2 Å². The Kier molecular flexibility index (Phi) is 1.98. The number of aryl methyl sites for hydroxylation is 1. The van der Waals surface area contributed by atoms with Crippen molar-refractivity contribution in [3.8, 4) is 0 Å². The Balaban J connectivity index is 2.08. The first kappa shape index (κ1) is 7.58. The van der Waals surface area contributed by atoms with E-state index in [0.717, 1.165) is 24.9 Å². The molecule has 1 aromatic heterocycles. The second-order valence-electron chi connectivity index (χ2n) is 3.27. The van der Waals surface area contributed by atoms with Crippen LogP contribution in [-0.4, -0.2) is 28.3 Å². The summed E-state index contributed by atoms with van der Waals surface area (Å²) in [5.41, 5.74) is 0. The second kappa shape index (κ2) is 3.13. The molecule has 2 rings (SSSR count). The molecule has 1 N–H and O–H groups in total. The fourth-order valence-electron chi connectivity index (χ4n) is 1.57. The van der Waals surface area contributed by atoms with E-state index in [-0.39, 0.29) is 0 Å². The molecular weight excluding hydrogens is 152 g/mol. The molecule has 2 heterocycles. The monoisotopic (exact) mass is 166 g/mol. The standard InChI is InChI=1S/C8H14N4/c1-7-9-8(11-10-7)12-5-3-2-4-6-12/h2-6H2,1H3,(H,9,10,11). The molecule has 0 amide bonds. The van der Waals surface area contributed by atoms with Gasteiger partial charge in [0.25, 0.3) is 0 Å². The van der Waals surface area contributed by atoms with Crippen molar-refractivity contribution in [1.29, 1.82) is 0 Å². The molecule has 0 aliphatic carbocycles. The lowest BCUT2D eigenvalue weighted by atomic mass is 10.1. The molecule has 0 radical (unpaired) electrons. The van der Waals surface area contributed by atoms with Gasteiger partial charge in [0.05, 0.1) is 0 Å². The summed E-state index contributed by atoms with van der Waals surface area (Å²) >= 11 is 0. The maximum Gasteiger partial charge on any atom is 0.244 e. The van der Waals surface area contributed by atoms with Crippen LogP contribution in [0.2, 0.25) is 0 Å². The van der Waals surface area contributed by atoms with Crippen LogP contribution >= 0.6 is 0 Å². The number of hydrogen-bond acceptors (Lipinski definition) is 3. The molecule has 0 spiro atoms. The van der Waals surface area contributed by atoms with E-state index in [2.05, 4.69) is 20.1 Å².